The lowest BCUT2D eigenvalue weighted by atomic mass is 9.80. The smallest absolute Gasteiger partial charge is 0.0388 e. The molecule has 1 saturated heterocycles. The summed E-state index contributed by atoms with van der Waals surface area (Å²) in [6.45, 7) is 8.56. The molecule has 1 fully saturated rings. The predicted octanol–water partition coefficient (Wildman–Crippen LogP) is 4.11. The minimum atomic E-state index is 0. The summed E-state index contributed by atoms with van der Waals surface area (Å²) >= 11 is 0. The van der Waals surface area contributed by atoms with Gasteiger partial charge in [0.05, 0.1) is 0 Å². The molecule has 1 aliphatic rings. The molecule has 17 heavy (non-hydrogen) atoms. The Morgan fingerprint density at radius 1 is 1.24 bits per heavy atom. The van der Waals surface area contributed by atoms with Gasteiger partial charge in [0.15, 0.2) is 0 Å². The average Bonchev–Trinajstić information content (AvgIpc) is 2.29. The maximum absolute atomic E-state index is 4.14. The van der Waals surface area contributed by atoms with Gasteiger partial charge in [-0.15, -0.1) is 12.4 Å². The molecule has 0 amide bonds. The number of piperidine rings is 1. The van der Waals surface area contributed by atoms with Gasteiger partial charge in [-0.2, -0.15) is 0 Å². The Labute approximate surface area is 111 Å². The van der Waals surface area contributed by atoms with E-state index in [0.717, 1.165) is 0 Å². The van der Waals surface area contributed by atoms with Crippen LogP contribution in [0.5, 0.6) is 0 Å². The van der Waals surface area contributed by atoms with E-state index >= 15 is 0 Å². The maximum Gasteiger partial charge on any atom is 0.0388 e. The molecule has 2 rings (SSSR count). The molecule has 94 valence electrons. The molecule has 1 heterocycles. The van der Waals surface area contributed by atoms with E-state index in [1.165, 1.54) is 24.0 Å². The van der Waals surface area contributed by atoms with Crippen molar-refractivity contribution >= 4 is 12.4 Å². The van der Waals surface area contributed by atoms with Crippen LogP contribution < -0.4 is 5.32 Å². The van der Waals surface area contributed by atoms with Gasteiger partial charge in [-0.25, -0.2) is 0 Å². The SMILES string of the molecule is C=C(C)C1CCC(C)NC1c1ccccc1.Cl. The first-order chi connectivity index (χ1) is 7.68. The van der Waals surface area contributed by atoms with Crippen LogP contribution in [-0.4, -0.2) is 6.04 Å². The van der Waals surface area contributed by atoms with E-state index in [1.807, 2.05) is 0 Å². The molecule has 1 aromatic rings. The second kappa shape index (κ2) is 6.23. The highest BCUT2D eigenvalue weighted by molar-refractivity contribution is 5.85. The molecule has 0 aromatic heterocycles. The molecule has 0 saturated carbocycles. The Morgan fingerprint density at radius 2 is 1.88 bits per heavy atom. The van der Waals surface area contributed by atoms with Crippen molar-refractivity contribution in [3.63, 3.8) is 0 Å². The van der Waals surface area contributed by atoms with Crippen molar-refractivity contribution in [2.24, 2.45) is 5.92 Å². The average molecular weight is 252 g/mol. The van der Waals surface area contributed by atoms with Crippen molar-refractivity contribution in [2.45, 2.75) is 38.8 Å². The minimum absolute atomic E-state index is 0. The summed E-state index contributed by atoms with van der Waals surface area (Å²) in [6.07, 6.45) is 2.50. The van der Waals surface area contributed by atoms with E-state index < -0.39 is 0 Å². The first kappa shape index (κ1) is 14.3. The summed E-state index contributed by atoms with van der Waals surface area (Å²) in [5, 5.41) is 3.70. The molecule has 3 unspecified atom stereocenters. The van der Waals surface area contributed by atoms with Crippen LogP contribution in [-0.2, 0) is 0 Å². The van der Waals surface area contributed by atoms with Gasteiger partial charge in [0.2, 0.25) is 0 Å². The van der Waals surface area contributed by atoms with Crippen LogP contribution >= 0.6 is 12.4 Å². The van der Waals surface area contributed by atoms with Crippen molar-refractivity contribution in [3.05, 3.63) is 48.0 Å². The summed E-state index contributed by atoms with van der Waals surface area (Å²) in [4.78, 5) is 0. The second-order valence-electron chi connectivity index (χ2n) is 4.99. The number of rotatable bonds is 2. The third-order valence-corrected chi connectivity index (χ3v) is 3.57. The Kier molecular flexibility index (Phi) is 5.23. The normalized spacial score (nSPS) is 28.2. The van der Waals surface area contributed by atoms with Crippen LogP contribution in [0.4, 0.5) is 0 Å². The van der Waals surface area contributed by atoms with Gasteiger partial charge >= 0.3 is 0 Å². The fraction of sp³-hybridized carbons (Fsp3) is 0.467. The van der Waals surface area contributed by atoms with E-state index in [2.05, 4.69) is 56.1 Å². The summed E-state index contributed by atoms with van der Waals surface area (Å²) in [6, 6.07) is 11.8. The number of hydrogen-bond acceptors (Lipinski definition) is 1. The minimum Gasteiger partial charge on any atom is -0.307 e. The van der Waals surface area contributed by atoms with E-state index in [-0.39, 0.29) is 12.4 Å². The predicted molar refractivity (Wildman–Crippen MR) is 76.6 cm³/mol. The van der Waals surface area contributed by atoms with Gasteiger partial charge in [-0.05, 0) is 38.2 Å². The van der Waals surface area contributed by atoms with Crippen LogP contribution in [0.15, 0.2) is 42.5 Å². The molecule has 0 spiro atoms. The molecule has 0 bridgehead atoms. The summed E-state index contributed by atoms with van der Waals surface area (Å²) in [5.41, 5.74) is 2.69. The topological polar surface area (TPSA) is 12.0 Å². The Hall–Kier alpha value is -0.790. The second-order valence-corrected chi connectivity index (χ2v) is 4.99. The first-order valence-electron chi connectivity index (χ1n) is 6.15. The zero-order valence-corrected chi connectivity index (χ0v) is 11.5. The molecule has 1 N–H and O–H groups in total. The van der Waals surface area contributed by atoms with Crippen LogP contribution in [0.2, 0.25) is 0 Å². The van der Waals surface area contributed by atoms with E-state index in [1.54, 1.807) is 0 Å². The van der Waals surface area contributed by atoms with E-state index in [0.29, 0.717) is 18.0 Å². The highest BCUT2D eigenvalue weighted by Gasteiger charge is 2.29. The van der Waals surface area contributed by atoms with Crippen LogP contribution in [0.1, 0.15) is 38.3 Å². The zero-order valence-electron chi connectivity index (χ0n) is 10.6. The van der Waals surface area contributed by atoms with Crippen LogP contribution in [0.25, 0.3) is 0 Å². The lowest BCUT2D eigenvalue weighted by molar-refractivity contribution is 0.271. The third kappa shape index (κ3) is 3.34. The molecule has 1 aliphatic heterocycles. The standard InChI is InChI=1S/C15H21N.ClH/c1-11(2)14-10-9-12(3)16-15(14)13-7-5-4-6-8-13;/h4-8,12,14-16H,1,9-10H2,2-3H3;1H. The Bertz CT molecular complexity index is 360. The summed E-state index contributed by atoms with van der Waals surface area (Å²) in [7, 11) is 0. The van der Waals surface area contributed by atoms with Gasteiger partial charge in [0.1, 0.15) is 0 Å². The zero-order chi connectivity index (χ0) is 11.5. The largest absolute Gasteiger partial charge is 0.307 e. The fourth-order valence-electron chi connectivity index (χ4n) is 2.62. The van der Waals surface area contributed by atoms with Crippen molar-refractivity contribution in [1.29, 1.82) is 0 Å². The molecule has 1 nitrogen and oxygen atoms in total. The summed E-state index contributed by atoms with van der Waals surface area (Å²) < 4.78 is 0. The van der Waals surface area contributed by atoms with Crippen molar-refractivity contribution in [2.75, 3.05) is 0 Å². The van der Waals surface area contributed by atoms with Gasteiger partial charge in [-0.3, -0.25) is 0 Å². The lowest BCUT2D eigenvalue weighted by Gasteiger charge is -2.37. The number of benzene rings is 1. The number of hydrogen-bond donors (Lipinski definition) is 1. The highest BCUT2D eigenvalue weighted by atomic mass is 35.5. The number of halogens is 1. The van der Waals surface area contributed by atoms with Gasteiger partial charge in [-0.1, -0.05) is 42.5 Å². The molecule has 1 aromatic carbocycles. The molecule has 2 heteroatoms. The monoisotopic (exact) mass is 251 g/mol. The molecule has 3 atom stereocenters. The van der Waals surface area contributed by atoms with Gasteiger partial charge < -0.3 is 5.32 Å². The highest BCUT2D eigenvalue weighted by Crippen LogP contribution is 2.35. The van der Waals surface area contributed by atoms with Crippen LogP contribution in [0, 0.1) is 5.92 Å². The quantitative estimate of drug-likeness (QED) is 0.780. The number of nitrogens with one attached hydrogen (secondary N) is 1. The van der Waals surface area contributed by atoms with Crippen molar-refractivity contribution < 1.29 is 0 Å². The van der Waals surface area contributed by atoms with Crippen LogP contribution in [0.3, 0.4) is 0 Å². The van der Waals surface area contributed by atoms with Crippen molar-refractivity contribution in [1.82, 2.24) is 5.32 Å². The molecule has 0 radical (unpaired) electrons. The van der Waals surface area contributed by atoms with Gasteiger partial charge in [0.25, 0.3) is 0 Å². The maximum atomic E-state index is 4.14. The van der Waals surface area contributed by atoms with E-state index in [4.69, 9.17) is 0 Å². The third-order valence-electron chi connectivity index (χ3n) is 3.57. The lowest BCUT2D eigenvalue weighted by Crippen LogP contribution is -2.40. The molecule has 0 aliphatic carbocycles. The Morgan fingerprint density at radius 3 is 2.47 bits per heavy atom. The summed E-state index contributed by atoms with van der Waals surface area (Å²) in [5.74, 6) is 0.582. The first-order valence-corrected chi connectivity index (χ1v) is 6.15. The Balaban J connectivity index is 0.00000144. The van der Waals surface area contributed by atoms with Crippen molar-refractivity contribution in [3.8, 4) is 0 Å². The van der Waals surface area contributed by atoms with Gasteiger partial charge in [0, 0.05) is 12.1 Å². The van der Waals surface area contributed by atoms with E-state index in [9.17, 15) is 0 Å². The fourth-order valence-corrected chi connectivity index (χ4v) is 2.62. The molecular formula is C15H22ClN. The molecular weight excluding hydrogens is 230 g/mol.